The lowest BCUT2D eigenvalue weighted by atomic mass is 9.47. The van der Waals surface area contributed by atoms with Crippen LogP contribution in [-0.4, -0.2) is 23.1 Å². The lowest BCUT2D eigenvalue weighted by Crippen LogP contribution is -2.54. The lowest BCUT2D eigenvalue weighted by molar-refractivity contribution is -0.120. The Bertz CT molecular complexity index is 629. The second-order valence-electron chi connectivity index (χ2n) is 9.34. The van der Waals surface area contributed by atoms with E-state index in [4.69, 9.17) is 0 Å². The Morgan fingerprint density at radius 1 is 1.16 bits per heavy atom. The predicted molar refractivity (Wildman–Crippen MR) is 102 cm³/mol. The van der Waals surface area contributed by atoms with Gasteiger partial charge in [0.1, 0.15) is 0 Å². The minimum Gasteiger partial charge on any atom is -0.352 e. The highest BCUT2D eigenvalue weighted by Crippen LogP contribution is 2.65. The molecule has 4 aliphatic carbocycles. The summed E-state index contributed by atoms with van der Waals surface area (Å²) < 4.78 is 0. The summed E-state index contributed by atoms with van der Waals surface area (Å²) in [5.74, 6) is 2.68. The second-order valence-corrected chi connectivity index (χ2v) is 9.91. The summed E-state index contributed by atoms with van der Waals surface area (Å²) in [6.07, 6.45) is 10.9. The molecule has 0 aromatic rings. The monoisotopic (exact) mass is 407 g/mol. The zero-order valence-electron chi connectivity index (χ0n) is 15.4. The van der Waals surface area contributed by atoms with Gasteiger partial charge >= 0.3 is 0 Å². The van der Waals surface area contributed by atoms with Gasteiger partial charge < -0.3 is 5.32 Å². The normalized spacial score (nSPS) is 45.9. The zero-order valence-corrected chi connectivity index (χ0v) is 17.0. The van der Waals surface area contributed by atoms with Gasteiger partial charge in [0.2, 0.25) is 5.91 Å². The lowest BCUT2D eigenvalue weighted by Gasteiger charge is -2.58. The molecule has 0 radical (unpaired) electrons. The van der Waals surface area contributed by atoms with Crippen molar-refractivity contribution < 1.29 is 9.59 Å². The Labute approximate surface area is 159 Å². The van der Waals surface area contributed by atoms with Gasteiger partial charge in [0.15, 0.2) is 5.78 Å². The van der Waals surface area contributed by atoms with Crippen LogP contribution in [-0.2, 0) is 9.59 Å². The Morgan fingerprint density at radius 3 is 2.72 bits per heavy atom. The van der Waals surface area contributed by atoms with Crippen molar-refractivity contribution in [2.45, 2.75) is 71.3 Å². The number of amides is 1. The summed E-state index contributed by atoms with van der Waals surface area (Å²) in [5.41, 5.74) is 1.94. The fourth-order valence-electron chi connectivity index (χ4n) is 7.03. The molecule has 4 rings (SSSR count). The molecule has 0 heterocycles. The molecule has 4 aliphatic rings. The van der Waals surface area contributed by atoms with E-state index >= 15 is 0 Å². The first-order chi connectivity index (χ1) is 11.9. The summed E-state index contributed by atoms with van der Waals surface area (Å²) in [7, 11) is 0. The highest BCUT2D eigenvalue weighted by atomic mass is 79.9. The largest absolute Gasteiger partial charge is 0.352 e. The standard InChI is InChI=1S/C21H30BrNO2/c1-20-9-7-14(24)11-13(20)3-4-15-16-5-6-18(23-19(25)12-22)21(16,2)10-8-17(15)20/h11,15-18H,3-10,12H2,1-2H3,(H,23,25)/t15?,16?,17?,18-,20+,21+/m1/s1. The molecule has 1 amide bonds. The fraction of sp³-hybridized carbons (Fsp3) is 0.810. The van der Waals surface area contributed by atoms with Gasteiger partial charge in [-0.1, -0.05) is 35.4 Å². The van der Waals surface area contributed by atoms with Crippen LogP contribution in [0.4, 0.5) is 0 Å². The molecule has 1 N–H and O–H groups in total. The number of hydrogen-bond acceptors (Lipinski definition) is 2. The Morgan fingerprint density at radius 2 is 1.96 bits per heavy atom. The number of hydrogen-bond donors (Lipinski definition) is 1. The van der Waals surface area contributed by atoms with Crippen molar-refractivity contribution in [1.29, 1.82) is 0 Å². The number of halogens is 1. The van der Waals surface area contributed by atoms with E-state index in [9.17, 15) is 9.59 Å². The van der Waals surface area contributed by atoms with Crippen molar-refractivity contribution in [3.05, 3.63) is 11.6 Å². The van der Waals surface area contributed by atoms with Crippen molar-refractivity contribution >= 4 is 27.6 Å². The van der Waals surface area contributed by atoms with Gasteiger partial charge in [-0.25, -0.2) is 0 Å². The molecule has 0 aromatic carbocycles. The zero-order chi connectivity index (χ0) is 17.8. The Balaban J connectivity index is 1.59. The van der Waals surface area contributed by atoms with Gasteiger partial charge in [-0.3, -0.25) is 9.59 Å². The molecule has 0 saturated heterocycles. The second kappa shape index (κ2) is 6.21. The van der Waals surface area contributed by atoms with Crippen LogP contribution >= 0.6 is 15.9 Å². The molecular formula is C21H30BrNO2. The average Bonchev–Trinajstić information content (AvgIpc) is 2.92. The first-order valence-electron chi connectivity index (χ1n) is 9.97. The van der Waals surface area contributed by atoms with E-state index in [0.717, 1.165) is 43.4 Å². The van der Waals surface area contributed by atoms with Gasteiger partial charge in [0.05, 0.1) is 5.33 Å². The topological polar surface area (TPSA) is 46.2 Å². The fourth-order valence-corrected chi connectivity index (χ4v) is 7.19. The summed E-state index contributed by atoms with van der Waals surface area (Å²) in [5, 5.41) is 3.69. The first kappa shape index (κ1) is 17.8. The third-order valence-corrected chi connectivity index (χ3v) is 8.93. The number of carbonyl (C=O) groups is 2. The maximum absolute atomic E-state index is 11.9. The summed E-state index contributed by atoms with van der Waals surface area (Å²) in [6, 6.07) is 0.334. The number of fused-ring (bicyclic) bond motifs is 5. The van der Waals surface area contributed by atoms with Crippen LogP contribution in [0.1, 0.15) is 65.2 Å². The highest BCUT2D eigenvalue weighted by Gasteiger charge is 2.59. The molecular weight excluding hydrogens is 378 g/mol. The molecule has 4 heteroatoms. The van der Waals surface area contributed by atoms with Crippen molar-refractivity contribution in [3.8, 4) is 0 Å². The van der Waals surface area contributed by atoms with Crippen LogP contribution < -0.4 is 5.32 Å². The molecule has 3 saturated carbocycles. The summed E-state index contributed by atoms with van der Waals surface area (Å²) in [4.78, 5) is 23.8. The van der Waals surface area contributed by atoms with Crippen LogP contribution in [0.2, 0.25) is 0 Å². The number of rotatable bonds is 2. The molecule has 3 nitrogen and oxygen atoms in total. The average molecular weight is 408 g/mol. The number of nitrogens with one attached hydrogen (secondary N) is 1. The van der Waals surface area contributed by atoms with Crippen LogP contribution in [0.15, 0.2) is 11.6 Å². The Hall–Kier alpha value is -0.640. The van der Waals surface area contributed by atoms with Crippen LogP contribution in [0.3, 0.4) is 0 Å². The summed E-state index contributed by atoms with van der Waals surface area (Å²) >= 11 is 3.29. The predicted octanol–water partition coefficient (Wildman–Crippen LogP) is 4.40. The van der Waals surface area contributed by atoms with E-state index < -0.39 is 0 Å². The van der Waals surface area contributed by atoms with Crippen molar-refractivity contribution in [2.24, 2.45) is 28.6 Å². The van der Waals surface area contributed by atoms with E-state index in [2.05, 4.69) is 35.1 Å². The smallest absolute Gasteiger partial charge is 0.230 e. The summed E-state index contributed by atoms with van der Waals surface area (Å²) in [6.45, 7) is 4.86. The quantitative estimate of drug-likeness (QED) is 0.689. The van der Waals surface area contributed by atoms with Crippen molar-refractivity contribution in [2.75, 3.05) is 5.33 Å². The van der Waals surface area contributed by atoms with Gasteiger partial charge in [0, 0.05) is 12.5 Å². The van der Waals surface area contributed by atoms with E-state index in [0.29, 0.717) is 17.2 Å². The highest BCUT2D eigenvalue weighted by molar-refractivity contribution is 9.09. The van der Waals surface area contributed by atoms with Gasteiger partial charge in [0.25, 0.3) is 0 Å². The number of ketones is 1. The Kier molecular flexibility index (Phi) is 4.41. The van der Waals surface area contributed by atoms with Crippen molar-refractivity contribution in [3.63, 3.8) is 0 Å². The molecule has 3 unspecified atom stereocenters. The van der Waals surface area contributed by atoms with Crippen LogP contribution in [0.5, 0.6) is 0 Å². The number of alkyl halides is 1. The molecule has 25 heavy (non-hydrogen) atoms. The molecule has 138 valence electrons. The SMILES string of the molecule is C[C@]12CCC(=O)C=C1CCC1C2CC[C@@]2(C)C1CC[C@H]2NC(=O)CBr. The van der Waals surface area contributed by atoms with Crippen LogP contribution in [0.25, 0.3) is 0 Å². The maximum Gasteiger partial charge on any atom is 0.230 e. The van der Waals surface area contributed by atoms with Crippen molar-refractivity contribution in [1.82, 2.24) is 5.32 Å². The molecule has 0 aromatic heterocycles. The molecule has 0 aliphatic heterocycles. The maximum atomic E-state index is 11.9. The molecule has 0 bridgehead atoms. The minimum atomic E-state index is 0.126. The minimum absolute atomic E-state index is 0.126. The van der Waals surface area contributed by atoms with E-state index in [1.807, 2.05) is 6.08 Å². The third kappa shape index (κ3) is 2.65. The van der Waals surface area contributed by atoms with E-state index in [1.54, 1.807) is 0 Å². The number of carbonyl (C=O) groups excluding carboxylic acids is 2. The molecule has 6 atom stereocenters. The first-order valence-corrected chi connectivity index (χ1v) is 11.1. The van der Waals surface area contributed by atoms with Gasteiger partial charge in [-0.05, 0) is 79.6 Å². The number of allylic oxidation sites excluding steroid dienone is 1. The molecule has 3 fully saturated rings. The van der Waals surface area contributed by atoms with E-state index in [1.165, 1.54) is 31.3 Å². The van der Waals surface area contributed by atoms with Gasteiger partial charge in [-0.15, -0.1) is 0 Å². The third-order valence-electron chi connectivity index (χ3n) is 8.42. The molecule has 0 spiro atoms. The van der Waals surface area contributed by atoms with Gasteiger partial charge in [-0.2, -0.15) is 0 Å². The van der Waals surface area contributed by atoms with E-state index in [-0.39, 0.29) is 16.7 Å². The van der Waals surface area contributed by atoms with Crippen LogP contribution in [0, 0.1) is 28.6 Å².